The number of ether oxygens (including phenoxy) is 1. The molecule has 0 aliphatic carbocycles. The highest BCUT2D eigenvalue weighted by atomic mass is 32.2. The molecular weight excluding hydrogens is 304 g/mol. The highest BCUT2D eigenvalue weighted by Crippen LogP contribution is 2.24. The summed E-state index contributed by atoms with van der Waals surface area (Å²) in [5, 5.41) is 16.5. The first-order chi connectivity index (χ1) is 10.7. The summed E-state index contributed by atoms with van der Waals surface area (Å²) < 4.78 is 12.2. The van der Waals surface area contributed by atoms with Gasteiger partial charge in [0.2, 0.25) is 16.9 Å². The first kappa shape index (κ1) is 14.4. The lowest BCUT2D eigenvalue weighted by atomic mass is 10.2. The highest BCUT2D eigenvalue weighted by Gasteiger charge is 2.12. The van der Waals surface area contributed by atoms with Crippen LogP contribution in [0, 0.1) is 6.92 Å². The molecule has 1 aromatic carbocycles. The van der Waals surface area contributed by atoms with E-state index in [-0.39, 0.29) is 0 Å². The number of hydrogen-bond donors (Lipinski definition) is 1. The van der Waals surface area contributed by atoms with Crippen LogP contribution in [0.3, 0.4) is 0 Å². The Morgan fingerprint density at radius 2 is 1.95 bits per heavy atom. The first-order valence-electron chi connectivity index (χ1n) is 6.44. The number of benzene rings is 1. The number of aryl methyl sites for hydroxylation is 1. The van der Waals surface area contributed by atoms with Crippen LogP contribution in [0.25, 0.3) is 11.5 Å². The van der Waals surface area contributed by atoms with E-state index in [0.29, 0.717) is 28.5 Å². The maximum atomic E-state index is 5.78. The van der Waals surface area contributed by atoms with Crippen molar-refractivity contribution < 1.29 is 9.15 Å². The van der Waals surface area contributed by atoms with Gasteiger partial charge in [-0.1, -0.05) is 11.8 Å². The molecule has 0 atom stereocenters. The van der Waals surface area contributed by atoms with Crippen LogP contribution in [0.4, 0.5) is 0 Å². The molecule has 0 aliphatic heterocycles. The summed E-state index contributed by atoms with van der Waals surface area (Å²) in [6, 6.07) is 7.41. The van der Waals surface area contributed by atoms with E-state index in [1.54, 1.807) is 14.0 Å². The van der Waals surface area contributed by atoms with Crippen LogP contribution in [0.2, 0.25) is 0 Å². The molecule has 0 bridgehead atoms. The molecule has 2 N–H and O–H groups in total. The Balaban J connectivity index is 1.69. The second kappa shape index (κ2) is 6.06. The van der Waals surface area contributed by atoms with E-state index in [9.17, 15) is 0 Å². The number of hydrogen-bond acceptors (Lipinski definition) is 8. The normalized spacial score (nSPS) is 10.8. The molecule has 0 spiro atoms. The van der Waals surface area contributed by atoms with Gasteiger partial charge in [0.15, 0.2) is 0 Å². The zero-order chi connectivity index (χ0) is 15.5. The van der Waals surface area contributed by atoms with Crippen LogP contribution in [0.5, 0.6) is 5.75 Å². The minimum atomic E-state index is 0.462. The number of nitrogens with two attached hydrogens (primary N) is 1. The number of nitrogens with zero attached hydrogens (tertiary/aromatic N) is 5. The molecule has 9 heteroatoms. The van der Waals surface area contributed by atoms with E-state index < -0.39 is 0 Å². The molecule has 2 heterocycles. The average molecular weight is 318 g/mol. The molecule has 0 saturated heterocycles. The standard InChI is InChI=1S/C13H14N6O2S/c1-8-15-18-13(19(8)14)22-7-11-16-17-12(21-11)9-3-5-10(20-2)6-4-9/h3-6H,7,14H2,1-2H3. The molecule has 0 fully saturated rings. The molecule has 8 nitrogen and oxygen atoms in total. The van der Waals surface area contributed by atoms with Crippen LogP contribution in [0.1, 0.15) is 11.7 Å². The molecule has 22 heavy (non-hydrogen) atoms. The Bertz CT molecular complexity index is 767. The number of nitrogen functional groups attached to an aromatic ring is 1. The smallest absolute Gasteiger partial charge is 0.247 e. The number of methoxy groups -OCH3 is 1. The highest BCUT2D eigenvalue weighted by molar-refractivity contribution is 7.98. The topological polar surface area (TPSA) is 105 Å². The molecule has 3 aromatic rings. The SMILES string of the molecule is COc1ccc(-c2nnc(CSc3nnc(C)n3N)o2)cc1. The summed E-state index contributed by atoms with van der Waals surface area (Å²) >= 11 is 1.38. The number of rotatable bonds is 5. The fourth-order valence-corrected chi connectivity index (χ4v) is 2.48. The Morgan fingerprint density at radius 1 is 1.18 bits per heavy atom. The van der Waals surface area contributed by atoms with Gasteiger partial charge in [-0.05, 0) is 31.2 Å². The lowest BCUT2D eigenvalue weighted by Crippen LogP contribution is -2.11. The molecule has 3 rings (SSSR count). The predicted molar refractivity (Wildman–Crippen MR) is 80.8 cm³/mol. The van der Waals surface area contributed by atoms with Gasteiger partial charge >= 0.3 is 0 Å². The zero-order valence-electron chi connectivity index (χ0n) is 12.1. The minimum absolute atomic E-state index is 0.462. The number of aromatic nitrogens is 5. The van der Waals surface area contributed by atoms with Crippen molar-refractivity contribution in [3.05, 3.63) is 36.0 Å². The summed E-state index contributed by atoms with van der Waals surface area (Å²) in [6.45, 7) is 1.78. The van der Waals surface area contributed by atoms with Gasteiger partial charge in [-0.25, -0.2) is 4.68 Å². The maximum Gasteiger partial charge on any atom is 0.247 e. The van der Waals surface area contributed by atoms with Gasteiger partial charge in [0, 0.05) is 5.56 Å². The Kier molecular flexibility index (Phi) is 3.96. The third kappa shape index (κ3) is 2.89. The van der Waals surface area contributed by atoms with Crippen molar-refractivity contribution in [3.8, 4) is 17.2 Å². The lowest BCUT2D eigenvalue weighted by Gasteiger charge is -1.99. The molecule has 0 amide bonds. The second-order valence-corrected chi connectivity index (χ2v) is 5.36. The van der Waals surface area contributed by atoms with Crippen molar-refractivity contribution in [3.63, 3.8) is 0 Å². The van der Waals surface area contributed by atoms with Gasteiger partial charge in [-0.15, -0.1) is 20.4 Å². The van der Waals surface area contributed by atoms with Crippen molar-refractivity contribution in [1.29, 1.82) is 0 Å². The molecule has 2 aromatic heterocycles. The van der Waals surface area contributed by atoms with Crippen LogP contribution in [0.15, 0.2) is 33.8 Å². The van der Waals surface area contributed by atoms with E-state index in [4.69, 9.17) is 15.0 Å². The fourth-order valence-electron chi connectivity index (χ4n) is 1.74. The van der Waals surface area contributed by atoms with Crippen LogP contribution in [-0.4, -0.2) is 32.2 Å². The Labute approximate surface area is 130 Å². The van der Waals surface area contributed by atoms with Gasteiger partial charge in [0.05, 0.1) is 12.9 Å². The molecule has 0 aliphatic rings. The maximum absolute atomic E-state index is 5.78. The largest absolute Gasteiger partial charge is 0.497 e. The van der Waals surface area contributed by atoms with Crippen LogP contribution < -0.4 is 10.6 Å². The van der Waals surface area contributed by atoms with Crippen molar-refractivity contribution in [2.45, 2.75) is 17.8 Å². The zero-order valence-corrected chi connectivity index (χ0v) is 12.9. The Morgan fingerprint density at radius 3 is 2.59 bits per heavy atom. The molecule has 114 valence electrons. The monoisotopic (exact) mass is 318 g/mol. The molecule has 0 radical (unpaired) electrons. The van der Waals surface area contributed by atoms with E-state index in [1.807, 2.05) is 24.3 Å². The predicted octanol–water partition coefficient (Wildman–Crippen LogP) is 1.65. The quantitative estimate of drug-likeness (QED) is 0.559. The molecular formula is C13H14N6O2S. The summed E-state index contributed by atoms with van der Waals surface area (Å²) in [4.78, 5) is 0. The van der Waals surface area contributed by atoms with Crippen molar-refractivity contribution in [1.82, 2.24) is 25.1 Å². The van der Waals surface area contributed by atoms with Gasteiger partial charge in [0.1, 0.15) is 11.6 Å². The van der Waals surface area contributed by atoms with E-state index in [1.165, 1.54) is 16.4 Å². The summed E-state index contributed by atoms with van der Waals surface area (Å²) in [5.41, 5.74) is 0.836. The minimum Gasteiger partial charge on any atom is -0.497 e. The molecule has 0 saturated carbocycles. The third-order valence-electron chi connectivity index (χ3n) is 2.96. The average Bonchev–Trinajstić information content (AvgIpc) is 3.14. The van der Waals surface area contributed by atoms with Gasteiger partial charge in [-0.3, -0.25) is 0 Å². The van der Waals surface area contributed by atoms with Gasteiger partial charge < -0.3 is 15.0 Å². The lowest BCUT2D eigenvalue weighted by molar-refractivity contribution is 0.415. The van der Waals surface area contributed by atoms with Crippen molar-refractivity contribution in [2.75, 3.05) is 13.0 Å². The summed E-state index contributed by atoms with van der Waals surface area (Å²) in [6.07, 6.45) is 0. The van der Waals surface area contributed by atoms with Crippen molar-refractivity contribution >= 4 is 11.8 Å². The second-order valence-electron chi connectivity index (χ2n) is 4.42. The van der Waals surface area contributed by atoms with E-state index >= 15 is 0 Å². The summed E-state index contributed by atoms with van der Waals surface area (Å²) in [5.74, 6) is 8.63. The Hall–Kier alpha value is -2.55. The number of thioether (sulfide) groups is 1. The van der Waals surface area contributed by atoms with Gasteiger partial charge in [0.25, 0.3) is 0 Å². The summed E-state index contributed by atoms with van der Waals surface area (Å²) in [7, 11) is 1.62. The first-order valence-corrected chi connectivity index (χ1v) is 7.42. The van der Waals surface area contributed by atoms with Crippen molar-refractivity contribution in [2.24, 2.45) is 0 Å². The fraction of sp³-hybridized carbons (Fsp3) is 0.231. The van der Waals surface area contributed by atoms with E-state index in [0.717, 1.165) is 11.3 Å². The third-order valence-corrected chi connectivity index (χ3v) is 3.89. The molecule has 0 unspecified atom stereocenters. The van der Waals surface area contributed by atoms with E-state index in [2.05, 4.69) is 20.4 Å². The van der Waals surface area contributed by atoms with Crippen LogP contribution >= 0.6 is 11.8 Å². The van der Waals surface area contributed by atoms with Crippen LogP contribution in [-0.2, 0) is 5.75 Å². The van der Waals surface area contributed by atoms with Gasteiger partial charge in [-0.2, -0.15) is 0 Å².